The summed E-state index contributed by atoms with van der Waals surface area (Å²) in [7, 11) is 0. The van der Waals surface area contributed by atoms with Gasteiger partial charge in [-0.3, -0.25) is 4.79 Å². The zero-order valence-electron chi connectivity index (χ0n) is 14.8. The first kappa shape index (κ1) is 19.1. The first-order chi connectivity index (χ1) is 12.9. The summed E-state index contributed by atoms with van der Waals surface area (Å²) in [6, 6.07) is 12.0. The molecule has 0 atom stereocenters. The number of halogens is 3. The maximum Gasteiger partial charge on any atom is 0.416 e. The highest BCUT2D eigenvalue weighted by molar-refractivity contribution is 5.92. The van der Waals surface area contributed by atoms with Crippen molar-refractivity contribution in [2.75, 3.05) is 29.9 Å². The van der Waals surface area contributed by atoms with Gasteiger partial charge in [-0.15, -0.1) is 0 Å². The van der Waals surface area contributed by atoms with Crippen LogP contribution in [-0.2, 0) is 11.0 Å². The van der Waals surface area contributed by atoms with Gasteiger partial charge in [0, 0.05) is 24.5 Å². The molecule has 4 nitrogen and oxygen atoms in total. The van der Waals surface area contributed by atoms with Crippen LogP contribution in [0, 0.1) is 0 Å². The summed E-state index contributed by atoms with van der Waals surface area (Å²) >= 11 is 0. The minimum atomic E-state index is -4.45. The van der Waals surface area contributed by atoms with Gasteiger partial charge in [0.2, 0.25) is 0 Å². The van der Waals surface area contributed by atoms with E-state index in [4.69, 9.17) is 4.74 Å². The highest BCUT2D eigenvalue weighted by Gasteiger charge is 2.30. The van der Waals surface area contributed by atoms with Gasteiger partial charge in [0.15, 0.2) is 6.61 Å². The van der Waals surface area contributed by atoms with Crippen LogP contribution in [0.4, 0.5) is 24.5 Å². The van der Waals surface area contributed by atoms with Crippen LogP contribution in [0.5, 0.6) is 5.75 Å². The fourth-order valence-corrected chi connectivity index (χ4v) is 3.02. The fourth-order valence-electron chi connectivity index (χ4n) is 3.02. The Morgan fingerprint density at radius 1 is 1.04 bits per heavy atom. The van der Waals surface area contributed by atoms with E-state index in [2.05, 4.69) is 10.2 Å². The summed E-state index contributed by atoms with van der Waals surface area (Å²) in [6.07, 6.45) is -0.815. The molecule has 1 saturated heterocycles. The summed E-state index contributed by atoms with van der Waals surface area (Å²) < 4.78 is 43.2. The monoisotopic (exact) mass is 378 g/mol. The molecular formula is C20H21F3N2O2. The minimum absolute atomic E-state index is 0.000390. The van der Waals surface area contributed by atoms with Crippen LogP contribution in [0.25, 0.3) is 0 Å². The van der Waals surface area contributed by atoms with Crippen molar-refractivity contribution in [3.8, 4) is 5.75 Å². The Morgan fingerprint density at radius 3 is 2.41 bits per heavy atom. The molecule has 0 unspecified atom stereocenters. The molecule has 0 aliphatic carbocycles. The quantitative estimate of drug-likeness (QED) is 0.819. The van der Waals surface area contributed by atoms with Crippen molar-refractivity contribution in [1.29, 1.82) is 0 Å². The van der Waals surface area contributed by atoms with Gasteiger partial charge in [0.1, 0.15) is 5.75 Å². The largest absolute Gasteiger partial charge is 0.484 e. The number of piperidine rings is 1. The van der Waals surface area contributed by atoms with E-state index in [9.17, 15) is 18.0 Å². The lowest BCUT2D eigenvalue weighted by atomic mass is 10.1. The molecule has 144 valence electrons. The first-order valence-corrected chi connectivity index (χ1v) is 8.87. The molecule has 1 aliphatic rings. The molecule has 7 heteroatoms. The minimum Gasteiger partial charge on any atom is -0.484 e. The van der Waals surface area contributed by atoms with Crippen LogP contribution >= 0.6 is 0 Å². The van der Waals surface area contributed by atoms with Gasteiger partial charge in [-0.25, -0.2) is 0 Å². The molecule has 27 heavy (non-hydrogen) atoms. The van der Waals surface area contributed by atoms with E-state index in [0.29, 0.717) is 5.69 Å². The molecule has 0 spiro atoms. The van der Waals surface area contributed by atoms with Crippen molar-refractivity contribution in [1.82, 2.24) is 0 Å². The van der Waals surface area contributed by atoms with E-state index in [0.717, 1.165) is 30.9 Å². The van der Waals surface area contributed by atoms with Crippen LogP contribution in [0.2, 0.25) is 0 Å². The fraction of sp³-hybridized carbons (Fsp3) is 0.350. The van der Waals surface area contributed by atoms with Crippen molar-refractivity contribution in [2.24, 2.45) is 0 Å². The summed E-state index contributed by atoms with van der Waals surface area (Å²) in [4.78, 5) is 14.3. The van der Waals surface area contributed by atoms with E-state index in [1.54, 1.807) is 0 Å². The second kappa shape index (κ2) is 8.33. The van der Waals surface area contributed by atoms with Gasteiger partial charge in [-0.1, -0.05) is 6.07 Å². The maximum absolute atomic E-state index is 12.7. The molecule has 1 N–H and O–H groups in total. The first-order valence-electron chi connectivity index (χ1n) is 8.87. The zero-order chi connectivity index (χ0) is 19.3. The van der Waals surface area contributed by atoms with Crippen LogP contribution in [0.1, 0.15) is 24.8 Å². The van der Waals surface area contributed by atoms with Gasteiger partial charge < -0.3 is 15.0 Å². The number of nitrogens with zero attached hydrogens (tertiary/aromatic N) is 1. The predicted molar refractivity (Wildman–Crippen MR) is 98.1 cm³/mol. The smallest absolute Gasteiger partial charge is 0.416 e. The number of carbonyl (C=O) groups is 1. The third-order valence-corrected chi connectivity index (χ3v) is 4.40. The van der Waals surface area contributed by atoms with Gasteiger partial charge in [0.05, 0.1) is 5.56 Å². The molecule has 0 saturated carbocycles. The molecule has 2 aromatic carbocycles. The molecule has 3 rings (SSSR count). The standard InChI is InChI=1S/C20H21F3N2O2/c21-20(22,23)15-5-4-6-18(13-15)27-14-19(26)24-16-7-9-17(10-8-16)25-11-2-1-3-12-25/h4-10,13H,1-3,11-12,14H2,(H,24,26). The molecule has 0 bridgehead atoms. The van der Waals surface area contributed by atoms with Crippen molar-refractivity contribution < 1.29 is 22.7 Å². The van der Waals surface area contributed by atoms with E-state index >= 15 is 0 Å². The van der Waals surface area contributed by atoms with Crippen LogP contribution < -0.4 is 15.0 Å². The lowest BCUT2D eigenvalue weighted by Crippen LogP contribution is -2.29. The highest BCUT2D eigenvalue weighted by Crippen LogP contribution is 2.31. The number of alkyl halides is 3. The number of hydrogen-bond acceptors (Lipinski definition) is 3. The maximum atomic E-state index is 12.7. The predicted octanol–water partition coefficient (Wildman–Crippen LogP) is 4.71. The summed E-state index contributed by atoms with van der Waals surface area (Å²) in [6.45, 7) is 1.71. The summed E-state index contributed by atoms with van der Waals surface area (Å²) in [5.74, 6) is -0.432. The van der Waals surface area contributed by atoms with E-state index < -0.39 is 17.6 Å². The number of ether oxygens (including phenoxy) is 1. The van der Waals surface area contributed by atoms with Gasteiger partial charge >= 0.3 is 6.18 Å². The Kier molecular flexibility index (Phi) is 5.88. The molecule has 1 aliphatic heterocycles. The van der Waals surface area contributed by atoms with Gasteiger partial charge in [-0.05, 0) is 61.7 Å². The lowest BCUT2D eigenvalue weighted by Gasteiger charge is -2.28. The van der Waals surface area contributed by atoms with E-state index in [1.165, 1.54) is 31.4 Å². The number of anilines is 2. The Morgan fingerprint density at radius 2 is 1.74 bits per heavy atom. The summed E-state index contributed by atoms with van der Waals surface area (Å²) in [5.41, 5.74) is 0.926. The van der Waals surface area contributed by atoms with Crippen LogP contribution in [0.3, 0.4) is 0 Å². The topological polar surface area (TPSA) is 41.6 Å². The number of carbonyl (C=O) groups excluding carboxylic acids is 1. The Labute approximate surface area is 155 Å². The average Bonchev–Trinajstić information content (AvgIpc) is 2.67. The van der Waals surface area contributed by atoms with Crippen LogP contribution in [-0.4, -0.2) is 25.6 Å². The number of rotatable bonds is 5. The van der Waals surface area contributed by atoms with Crippen molar-refractivity contribution in [3.05, 3.63) is 54.1 Å². The number of amides is 1. The second-order valence-corrected chi connectivity index (χ2v) is 6.46. The molecule has 0 radical (unpaired) electrons. The zero-order valence-corrected chi connectivity index (χ0v) is 14.8. The molecular weight excluding hydrogens is 357 g/mol. The molecule has 1 heterocycles. The molecule has 1 amide bonds. The van der Waals surface area contributed by atoms with Crippen molar-refractivity contribution in [3.63, 3.8) is 0 Å². The second-order valence-electron chi connectivity index (χ2n) is 6.46. The SMILES string of the molecule is O=C(COc1cccc(C(F)(F)F)c1)Nc1ccc(N2CCCCC2)cc1. The Bertz CT molecular complexity index is 770. The van der Waals surface area contributed by atoms with E-state index in [1.807, 2.05) is 24.3 Å². The average molecular weight is 378 g/mol. The molecule has 1 fully saturated rings. The number of nitrogens with one attached hydrogen (secondary N) is 1. The van der Waals surface area contributed by atoms with Crippen LogP contribution in [0.15, 0.2) is 48.5 Å². The lowest BCUT2D eigenvalue weighted by molar-refractivity contribution is -0.137. The third-order valence-electron chi connectivity index (χ3n) is 4.40. The van der Waals surface area contributed by atoms with Gasteiger partial charge in [-0.2, -0.15) is 13.2 Å². The Balaban J connectivity index is 1.52. The van der Waals surface area contributed by atoms with E-state index in [-0.39, 0.29) is 12.4 Å². The summed E-state index contributed by atoms with van der Waals surface area (Å²) in [5, 5.41) is 2.68. The number of hydrogen-bond donors (Lipinski definition) is 1. The normalized spacial score (nSPS) is 14.7. The van der Waals surface area contributed by atoms with Crippen molar-refractivity contribution in [2.45, 2.75) is 25.4 Å². The Hall–Kier alpha value is -2.70. The third kappa shape index (κ3) is 5.39. The molecule has 0 aromatic heterocycles. The van der Waals surface area contributed by atoms with Crippen molar-refractivity contribution >= 4 is 17.3 Å². The van der Waals surface area contributed by atoms with Gasteiger partial charge in [0.25, 0.3) is 5.91 Å². The molecule has 2 aromatic rings. The number of benzene rings is 2. The highest BCUT2D eigenvalue weighted by atomic mass is 19.4.